The third kappa shape index (κ3) is 10.0. The van der Waals surface area contributed by atoms with Gasteiger partial charge in [-0.05, 0) is 12.0 Å². The molecule has 0 bridgehead atoms. The van der Waals surface area contributed by atoms with Crippen molar-refractivity contribution in [1.82, 2.24) is 0 Å². The van der Waals surface area contributed by atoms with Crippen molar-refractivity contribution in [2.24, 2.45) is 0 Å². The number of rotatable bonds is 4. The molecule has 2 nitrogen and oxygen atoms in total. The summed E-state index contributed by atoms with van der Waals surface area (Å²) in [6.45, 7) is 5.20. The van der Waals surface area contributed by atoms with Gasteiger partial charge < -0.3 is 12.2 Å². The number of carbonyl (C=O) groups is 1. The van der Waals surface area contributed by atoms with Crippen LogP contribution < -0.4 is 0 Å². The fourth-order valence-corrected chi connectivity index (χ4v) is 1.33. The first-order valence-electron chi connectivity index (χ1n) is 4.79. The van der Waals surface area contributed by atoms with E-state index >= 15 is 0 Å². The third-order valence-electron chi connectivity index (χ3n) is 2.06. The second-order valence-electron chi connectivity index (χ2n) is 3.21. The summed E-state index contributed by atoms with van der Waals surface area (Å²) in [7, 11) is 0. The minimum absolute atomic E-state index is 0. The minimum atomic E-state index is -0.451. The Bertz CT molecular complexity index is 291. The fraction of sp³-hybridized carbons (Fsp3) is 0.308. The molecule has 0 amide bonds. The van der Waals surface area contributed by atoms with Gasteiger partial charge in [0.25, 0.3) is 0 Å². The van der Waals surface area contributed by atoms with Crippen molar-refractivity contribution in [2.45, 2.75) is 25.9 Å². The van der Waals surface area contributed by atoms with E-state index in [0.29, 0.717) is 0 Å². The molecule has 17 heavy (non-hydrogen) atoms. The van der Waals surface area contributed by atoms with Gasteiger partial charge in [-0.25, -0.2) is 0 Å². The van der Waals surface area contributed by atoms with Gasteiger partial charge in [0.15, 0.2) is 5.97 Å². The molecule has 1 rings (SSSR count). The van der Waals surface area contributed by atoms with E-state index in [1.54, 1.807) is 0 Å². The predicted molar refractivity (Wildman–Crippen MR) is 62.1 cm³/mol. The van der Waals surface area contributed by atoms with Gasteiger partial charge in [-0.2, -0.15) is 0 Å². The van der Waals surface area contributed by atoms with Crippen LogP contribution in [0.5, 0.6) is 0 Å². The molecule has 1 aromatic carbocycles. The van der Waals surface area contributed by atoms with Gasteiger partial charge in [-0.3, -0.25) is 11.7 Å². The molecular formula is C13H18O2WY-2. The van der Waals surface area contributed by atoms with Crippen LogP contribution in [0.2, 0.25) is 0 Å². The zero-order valence-corrected chi connectivity index (χ0v) is 16.2. The Morgan fingerprint density at radius 3 is 2.29 bits per heavy atom. The Hall–Kier alpha value is 0.352. The molecule has 1 radical (unpaired) electrons. The summed E-state index contributed by atoms with van der Waals surface area (Å²) in [6, 6.07) is 9.99. The van der Waals surface area contributed by atoms with E-state index in [1.807, 2.05) is 37.3 Å². The molecule has 0 heterocycles. The summed E-state index contributed by atoms with van der Waals surface area (Å²) < 4.78 is 5.05. The first kappa shape index (κ1) is 22.5. The molecule has 0 unspecified atom stereocenters. The fourth-order valence-electron chi connectivity index (χ4n) is 1.33. The van der Waals surface area contributed by atoms with Crippen LogP contribution in [0.1, 0.15) is 18.9 Å². The molecule has 0 N–H and O–H groups in total. The summed E-state index contributed by atoms with van der Waals surface area (Å²) in [5.74, 6) is -0.451. The molecule has 1 atom stereocenters. The molecule has 0 spiro atoms. The van der Waals surface area contributed by atoms with Gasteiger partial charge in [0.05, 0.1) is 0 Å². The average Bonchev–Trinajstić information content (AvgIpc) is 2.17. The van der Waals surface area contributed by atoms with E-state index in [-0.39, 0.29) is 67.3 Å². The maximum Gasteiger partial charge on any atom is 0.164 e. The number of esters is 1. The van der Waals surface area contributed by atoms with E-state index < -0.39 is 5.97 Å². The largest absolute Gasteiger partial charge is 0.485 e. The Labute approximate surface area is 144 Å². The van der Waals surface area contributed by atoms with Crippen LogP contribution in [0.4, 0.5) is 0 Å². The second kappa shape index (κ2) is 12.8. The molecule has 1 aromatic rings. The second-order valence-corrected chi connectivity index (χ2v) is 3.21. The number of hydrogen-bond donors (Lipinski definition) is 0. The van der Waals surface area contributed by atoms with E-state index in [2.05, 4.69) is 6.92 Å². The van der Waals surface area contributed by atoms with Crippen LogP contribution in [-0.2, 0) is 69.7 Å². The average molecular weight is 479 g/mol. The Balaban J connectivity index is -0.000000653. The van der Waals surface area contributed by atoms with Gasteiger partial charge in [-0.1, -0.05) is 37.3 Å². The SMILES string of the molecule is [CH2-]C(=O)O[C@@H](CC)Cc1ccccc1.[CH3-].[W].[Y]. The van der Waals surface area contributed by atoms with E-state index in [4.69, 9.17) is 4.74 Å². The first-order valence-corrected chi connectivity index (χ1v) is 4.79. The topological polar surface area (TPSA) is 26.3 Å². The monoisotopic (exact) mass is 479 g/mol. The first-order chi connectivity index (χ1) is 6.72. The van der Waals surface area contributed by atoms with Crippen molar-refractivity contribution in [1.29, 1.82) is 0 Å². The molecule has 0 fully saturated rings. The quantitative estimate of drug-likeness (QED) is 0.491. The molecular weight excluding hydrogens is 461 g/mol. The molecule has 0 saturated carbocycles. The Kier molecular flexibility index (Phi) is 17.0. The smallest absolute Gasteiger partial charge is 0.164 e. The van der Waals surface area contributed by atoms with Crippen LogP contribution in [0.3, 0.4) is 0 Å². The summed E-state index contributed by atoms with van der Waals surface area (Å²) in [6.07, 6.45) is 1.52. The molecule has 0 aliphatic rings. The molecule has 4 heteroatoms. The summed E-state index contributed by atoms with van der Waals surface area (Å²) in [5.41, 5.74) is 1.18. The number of ether oxygens (including phenoxy) is 1. The Morgan fingerprint density at radius 2 is 1.88 bits per heavy atom. The maximum absolute atomic E-state index is 10.7. The standard InChI is InChI=1S/C12H15O2.CH3.W.Y/c1-3-12(14-10(2)13)9-11-7-5-4-6-8-11;;;/h4-8,12H,2-3,9H2,1H3;1H3;;/q2*-1;;/t12-;;;/m0.../s1. The normalized spacial score (nSPS) is 9.94. The number of benzene rings is 1. The van der Waals surface area contributed by atoms with Crippen LogP contribution in [0, 0.1) is 14.4 Å². The minimum Gasteiger partial charge on any atom is -0.485 e. The molecule has 0 aliphatic heterocycles. The third-order valence-corrected chi connectivity index (χ3v) is 2.06. The zero-order valence-electron chi connectivity index (χ0n) is 10.4. The van der Waals surface area contributed by atoms with E-state index in [0.717, 1.165) is 12.8 Å². The zero-order chi connectivity index (χ0) is 10.4. The molecule has 0 aromatic heterocycles. The van der Waals surface area contributed by atoms with Gasteiger partial charge in [-0.15, -0.1) is 0 Å². The molecule has 93 valence electrons. The van der Waals surface area contributed by atoms with Crippen molar-refractivity contribution in [3.8, 4) is 0 Å². The van der Waals surface area contributed by atoms with Crippen molar-refractivity contribution < 1.29 is 63.3 Å². The summed E-state index contributed by atoms with van der Waals surface area (Å²) >= 11 is 0. The van der Waals surface area contributed by atoms with Gasteiger partial charge in [0, 0.05) is 60.2 Å². The summed E-state index contributed by atoms with van der Waals surface area (Å²) in [5, 5.41) is 0. The van der Waals surface area contributed by atoms with Crippen LogP contribution in [0.15, 0.2) is 30.3 Å². The van der Waals surface area contributed by atoms with Gasteiger partial charge in [0.1, 0.15) is 6.10 Å². The van der Waals surface area contributed by atoms with E-state index in [9.17, 15) is 4.79 Å². The van der Waals surface area contributed by atoms with Gasteiger partial charge >= 0.3 is 0 Å². The van der Waals surface area contributed by atoms with E-state index in [1.165, 1.54) is 5.56 Å². The Morgan fingerprint density at radius 1 is 1.35 bits per heavy atom. The van der Waals surface area contributed by atoms with Crippen LogP contribution in [-0.4, -0.2) is 12.1 Å². The predicted octanol–water partition coefficient (Wildman–Crippen LogP) is 2.83. The number of hydrogen-bond acceptors (Lipinski definition) is 2. The van der Waals surface area contributed by atoms with Crippen molar-refractivity contribution in [3.63, 3.8) is 0 Å². The van der Waals surface area contributed by atoms with Crippen LogP contribution >= 0.6 is 0 Å². The van der Waals surface area contributed by atoms with Crippen molar-refractivity contribution >= 4 is 5.97 Å². The van der Waals surface area contributed by atoms with Gasteiger partial charge in [0.2, 0.25) is 0 Å². The van der Waals surface area contributed by atoms with Crippen molar-refractivity contribution in [3.05, 3.63) is 50.2 Å². The van der Waals surface area contributed by atoms with Crippen molar-refractivity contribution in [2.75, 3.05) is 0 Å². The van der Waals surface area contributed by atoms with Crippen LogP contribution in [0.25, 0.3) is 0 Å². The maximum atomic E-state index is 10.7. The molecule has 0 saturated heterocycles. The molecule has 0 aliphatic carbocycles. The number of carbonyl (C=O) groups excluding carboxylic acids is 1. The summed E-state index contributed by atoms with van der Waals surface area (Å²) in [4.78, 5) is 10.7.